The number of nitrogens with zero attached hydrogens (tertiary/aromatic N) is 3. The van der Waals surface area contributed by atoms with E-state index in [9.17, 15) is 13.2 Å². The van der Waals surface area contributed by atoms with Gasteiger partial charge in [0.2, 0.25) is 0 Å². The highest BCUT2D eigenvalue weighted by molar-refractivity contribution is 7.85. The summed E-state index contributed by atoms with van der Waals surface area (Å²) in [5.41, 5.74) is 0.620. The van der Waals surface area contributed by atoms with Crippen LogP contribution in [0.5, 0.6) is 0 Å². The van der Waals surface area contributed by atoms with E-state index in [0.29, 0.717) is 12.1 Å². The Morgan fingerprint density at radius 2 is 2.31 bits per heavy atom. The molecule has 8 heteroatoms. The minimum Gasteiger partial charge on any atom is -0.303 e. The zero-order valence-corrected chi connectivity index (χ0v) is 9.59. The summed E-state index contributed by atoms with van der Waals surface area (Å²) < 4.78 is 30.8. The normalized spacial score (nSPS) is 13.6. The van der Waals surface area contributed by atoms with Crippen LogP contribution in [0, 0.1) is 5.92 Å². The largest absolute Gasteiger partial charge is 0.303 e. The molecule has 0 aromatic carbocycles. The molecule has 1 aromatic heterocycles. The fourth-order valence-corrected chi connectivity index (χ4v) is 1.55. The lowest BCUT2D eigenvalue weighted by atomic mass is 10.1. The highest BCUT2D eigenvalue weighted by Gasteiger charge is 2.08. The number of carbonyl (C=O) groups is 1. The van der Waals surface area contributed by atoms with E-state index in [1.165, 1.54) is 4.68 Å². The molecule has 16 heavy (non-hydrogen) atoms. The summed E-state index contributed by atoms with van der Waals surface area (Å²) in [6.45, 7) is 1.80. The Balaban J connectivity index is 2.55. The summed E-state index contributed by atoms with van der Waals surface area (Å²) in [5, 5.41) is 7.46. The van der Waals surface area contributed by atoms with Crippen LogP contribution in [0.3, 0.4) is 0 Å². The Labute approximate surface area is 93.2 Å². The second kappa shape index (κ2) is 5.17. The lowest BCUT2D eigenvalue weighted by Crippen LogP contribution is -2.12. The van der Waals surface area contributed by atoms with Crippen LogP contribution >= 0.6 is 0 Å². The zero-order chi connectivity index (χ0) is 12.2. The molecule has 0 radical (unpaired) electrons. The van der Waals surface area contributed by atoms with Gasteiger partial charge in [-0.1, -0.05) is 12.1 Å². The Kier molecular flexibility index (Phi) is 4.13. The maximum absolute atomic E-state index is 10.5. The molecule has 0 amide bonds. The lowest BCUT2D eigenvalue weighted by Gasteiger charge is -1.98. The Morgan fingerprint density at radius 1 is 1.62 bits per heavy atom. The van der Waals surface area contributed by atoms with Gasteiger partial charge in [-0.25, -0.2) is 0 Å². The molecule has 0 saturated heterocycles. The van der Waals surface area contributed by atoms with Crippen LogP contribution in [0.25, 0.3) is 0 Å². The Bertz CT molecular complexity index is 454. The summed E-state index contributed by atoms with van der Waals surface area (Å²) in [6, 6.07) is 0. The number of rotatable bonds is 6. The third kappa shape index (κ3) is 4.49. The fourth-order valence-electron chi connectivity index (χ4n) is 1.13. The van der Waals surface area contributed by atoms with Crippen molar-refractivity contribution in [3.05, 3.63) is 11.9 Å². The molecule has 1 unspecified atom stereocenters. The number of aromatic nitrogens is 3. The molecular formula is C8H13N3O4S. The molecule has 1 heterocycles. The summed E-state index contributed by atoms with van der Waals surface area (Å²) in [6.07, 6.45) is 2.84. The lowest BCUT2D eigenvalue weighted by molar-refractivity contribution is -0.110. The van der Waals surface area contributed by atoms with Crippen molar-refractivity contribution in [3.63, 3.8) is 0 Å². The second-order valence-corrected chi connectivity index (χ2v) is 5.15. The van der Waals surface area contributed by atoms with Crippen molar-refractivity contribution in [3.8, 4) is 0 Å². The molecule has 0 saturated carbocycles. The van der Waals surface area contributed by atoms with Crippen LogP contribution in [0.2, 0.25) is 0 Å². The van der Waals surface area contributed by atoms with Gasteiger partial charge in [0.25, 0.3) is 10.1 Å². The monoisotopic (exact) mass is 247 g/mol. The number of hydrogen-bond acceptors (Lipinski definition) is 5. The SMILES string of the molecule is CC(C=O)Cc1cn(CCS(=O)(=O)O)nn1. The smallest absolute Gasteiger partial charge is 0.266 e. The van der Waals surface area contributed by atoms with E-state index >= 15 is 0 Å². The molecule has 1 N–H and O–H groups in total. The van der Waals surface area contributed by atoms with E-state index < -0.39 is 15.9 Å². The molecule has 0 aliphatic carbocycles. The van der Waals surface area contributed by atoms with Crippen molar-refractivity contribution in [1.82, 2.24) is 15.0 Å². The average Bonchev–Trinajstić information content (AvgIpc) is 2.61. The Hall–Kier alpha value is -1.28. The summed E-state index contributed by atoms with van der Waals surface area (Å²) in [7, 11) is -3.99. The van der Waals surface area contributed by atoms with Crippen LogP contribution in [-0.4, -0.2) is 40.0 Å². The highest BCUT2D eigenvalue weighted by atomic mass is 32.2. The van der Waals surface area contributed by atoms with E-state index in [1.54, 1.807) is 13.1 Å². The molecule has 1 rings (SSSR count). The van der Waals surface area contributed by atoms with Gasteiger partial charge in [-0.2, -0.15) is 8.42 Å². The van der Waals surface area contributed by atoms with Crippen molar-refractivity contribution in [2.24, 2.45) is 5.92 Å². The minimum atomic E-state index is -3.99. The maximum Gasteiger partial charge on any atom is 0.266 e. The highest BCUT2D eigenvalue weighted by Crippen LogP contribution is 2.02. The van der Waals surface area contributed by atoms with E-state index in [0.717, 1.165) is 6.29 Å². The van der Waals surface area contributed by atoms with Crippen molar-refractivity contribution < 1.29 is 17.8 Å². The van der Waals surface area contributed by atoms with Crippen LogP contribution in [0.1, 0.15) is 12.6 Å². The van der Waals surface area contributed by atoms with Gasteiger partial charge in [0.15, 0.2) is 0 Å². The van der Waals surface area contributed by atoms with E-state index in [2.05, 4.69) is 10.3 Å². The zero-order valence-electron chi connectivity index (χ0n) is 8.78. The van der Waals surface area contributed by atoms with Gasteiger partial charge in [-0.15, -0.1) is 5.10 Å². The average molecular weight is 247 g/mol. The number of aldehydes is 1. The second-order valence-electron chi connectivity index (χ2n) is 3.58. The molecule has 1 atom stereocenters. The molecule has 0 aliphatic heterocycles. The minimum absolute atomic E-state index is 0.0430. The summed E-state index contributed by atoms with van der Waals surface area (Å²) in [4.78, 5) is 10.4. The molecule has 1 aromatic rings. The van der Waals surface area contributed by atoms with Gasteiger partial charge in [0.1, 0.15) is 6.29 Å². The van der Waals surface area contributed by atoms with Crippen LogP contribution in [-0.2, 0) is 27.9 Å². The van der Waals surface area contributed by atoms with Gasteiger partial charge in [-0.05, 0) is 0 Å². The molecular weight excluding hydrogens is 234 g/mol. The van der Waals surface area contributed by atoms with Gasteiger partial charge in [0, 0.05) is 18.5 Å². The first-order valence-electron chi connectivity index (χ1n) is 4.70. The van der Waals surface area contributed by atoms with Crippen LogP contribution in [0.4, 0.5) is 0 Å². The Morgan fingerprint density at radius 3 is 2.88 bits per heavy atom. The molecule has 0 bridgehead atoms. The molecule has 90 valence electrons. The number of aryl methyl sites for hydroxylation is 1. The predicted octanol–water partition coefficient (Wildman–Crippen LogP) is -0.457. The predicted molar refractivity (Wildman–Crippen MR) is 55.4 cm³/mol. The molecule has 7 nitrogen and oxygen atoms in total. The van der Waals surface area contributed by atoms with Crippen LogP contribution in [0.15, 0.2) is 6.20 Å². The van der Waals surface area contributed by atoms with Crippen LogP contribution < -0.4 is 0 Å². The fraction of sp³-hybridized carbons (Fsp3) is 0.625. The standard InChI is InChI=1S/C8H13N3O4S/c1-7(6-12)4-8-5-11(10-9-8)2-3-16(13,14)15/h5-7H,2-4H2,1H3,(H,13,14,15). The molecule has 0 fully saturated rings. The van der Waals surface area contributed by atoms with Crippen molar-refractivity contribution in [2.75, 3.05) is 5.75 Å². The number of hydrogen-bond donors (Lipinski definition) is 1. The topological polar surface area (TPSA) is 102 Å². The van der Waals surface area contributed by atoms with Gasteiger partial charge < -0.3 is 4.79 Å². The van der Waals surface area contributed by atoms with Gasteiger partial charge >= 0.3 is 0 Å². The summed E-state index contributed by atoms with van der Waals surface area (Å²) in [5.74, 6) is -0.550. The van der Waals surface area contributed by atoms with Crippen molar-refractivity contribution in [1.29, 1.82) is 0 Å². The van der Waals surface area contributed by atoms with E-state index in [4.69, 9.17) is 4.55 Å². The summed E-state index contributed by atoms with van der Waals surface area (Å²) >= 11 is 0. The van der Waals surface area contributed by atoms with Crippen molar-refractivity contribution in [2.45, 2.75) is 19.9 Å². The quantitative estimate of drug-likeness (QED) is 0.539. The third-order valence-corrected chi connectivity index (χ3v) is 2.63. The molecule has 0 aliphatic rings. The van der Waals surface area contributed by atoms with Crippen molar-refractivity contribution >= 4 is 16.4 Å². The number of carbonyl (C=O) groups excluding carboxylic acids is 1. The molecule has 0 spiro atoms. The first-order chi connectivity index (χ1) is 7.40. The van der Waals surface area contributed by atoms with E-state index in [1.807, 2.05) is 0 Å². The maximum atomic E-state index is 10.5. The van der Waals surface area contributed by atoms with E-state index in [-0.39, 0.29) is 12.5 Å². The van der Waals surface area contributed by atoms with Gasteiger partial charge in [-0.3, -0.25) is 9.23 Å². The first kappa shape index (κ1) is 12.8. The van der Waals surface area contributed by atoms with Gasteiger partial charge in [0.05, 0.1) is 18.0 Å². The first-order valence-corrected chi connectivity index (χ1v) is 6.31. The third-order valence-electron chi connectivity index (χ3n) is 1.93.